The van der Waals surface area contributed by atoms with Crippen LogP contribution >= 0.6 is 0 Å². The first kappa shape index (κ1) is 16.5. The molecule has 1 aromatic carbocycles. The zero-order valence-electron chi connectivity index (χ0n) is 13.0. The van der Waals surface area contributed by atoms with Crippen LogP contribution in [-0.2, 0) is 9.63 Å². The minimum Gasteiger partial charge on any atom is -0.352 e. The predicted octanol–water partition coefficient (Wildman–Crippen LogP) is 0.824. The van der Waals surface area contributed by atoms with Gasteiger partial charge in [-0.15, -0.1) is 0 Å². The number of rotatable bonds is 3. The Balaban J connectivity index is 2.22. The van der Waals surface area contributed by atoms with Crippen molar-refractivity contribution in [1.82, 2.24) is 10.4 Å². The Hall–Kier alpha value is -2.90. The fourth-order valence-corrected chi connectivity index (χ4v) is 2.16. The van der Waals surface area contributed by atoms with Crippen LogP contribution in [0.4, 0.5) is 4.79 Å². The number of nitrogens with one attached hydrogen (secondary N) is 1. The number of hydrogen-bond acceptors (Lipinski definition) is 5. The summed E-state index contributed by atoms with van der Waals surface area (Å²) in [5, 5.41) is 2.66. The molecule has 4 amide bonds. The number of primary amides is 1. The van der Waals surface area contributed by atoms with Crippen LogP contribution in [0.5, 0.6) is 0 Å². The lowest BCUT2D eigenvalue weighted by Gasteiger charge is -2.29. The zero-order chi connectivity index (χ0) is 17.4. The van der Waals surface area contributed by atoms with Crippen molar-refractivity contribution in [2.24, 2.45) is 11.1 Å². The smallest absolute Gasteiger partial charge is 0.352 e. The molecule has 1 atom stereocenters. The molecule has 8 nitrogen and oxygen atoms in total. The number of amides is 4. The molecular weight excluding hydrogens is 302 g/mol. The predicted molar refractivity (Wildman–Crippen MR) is 79.0 cm³/mol. The van der Waals surface area contributed by atoms with Gasteiger partial charge in [0, 0.05) is 0 Å². The standard InChI is InChI=1S/C15H17N3O5/c1-15(2,3)10(17-14(16)22)13(21)23-18-11(19)8-6-4-5-7-9(8)12(18)20/h4-7,10H,1-3H3,(H3,16,17,22). The first-order chi connectivity index (χ1) is 10.6. The molecule has 0 aromatic heterocycles. The van der Waals surface area contributed by atoms with E-state index in [0.717, 1.165) is 0 Å². The molecule has 0 radical (unpaired) electrons. The monoisotopic (exact) mass is 319 g/mol. The largest absolute Gasteiger partial charge is 0.355 e. The van der Waals surface area contributed by atoms with Crippen molar-refractivity contribution in [1.29, 1.82) is 0 Å². The van der Waals surface area contributed by atoms with Gasteiger partial charge in [-0.05, 0) is 17.5 Å². The third-order valence-electron chi connectivity index (χ3n) is 3.33. The van der Waals surface area contributed by atoms with Gasteiger partial charge in [0.2, 0.25) is 0 Å². The van der Waals surface area contributed by atoms with Gasteiger partial charge in [0.15, 0.2) is 0 Å². The van der Waals surface area contributed by atoms with E-state index >= 15 is 0 Å². The summed E-state index contributed by atoms with van der Waals surface area (Å²) in [4.78, 5) is 52.6. The maximum absolute atomic E-state index is 12.3. The van der Waals surface area contributed by atoms with Crippen LogP contribution in [0.15, 0.2) is 24.3 Å². The van der Waals surface area contributed by atoms with Crippen LogP contribution in [0.3, 0.4) is 0 Å². The highest BCUT2D eigenvalue weighted by atomic mass is 16.7. The van der Waals surface area contributed by atoms with E-state index in [4.69, 9.17) is 10.6 Å². The topological polar surface area (TPSA) is 119 Å². The normalized spacial score (nSPS) is 15.2. The number of nitrogens with two attached hydrogens (primary N) is 1. The second-order valence-corrected chi connectivity index (χ2v) is 6.17. The molecule has 0 bridgehead atoms. The molecule has 1 aliphatic heterocycles. The molecule has 1 heterocycles. The molecule has 8 heteroatoms. The second-order valence-electron chi connectivity index (χ2n) is 6.17. The van der Waals surface area contributed by atoms with Crippen LogP contribution in [0, 0.1) is 5.41 Å². The average molecular weight is 319 g/mol. The fourth-order valence-electron chi connectivity index (χ4n) is 2.16. The number of fused-ring (bicyclic) bond motifs is 1. The highest BCUT2D eigenvalue weighted by Gasteiger charge is 2.42. The summed E-state index contributed by atoms with van der Waals surface area (Å²) in [5.74, 6) is -2.41. The number of imide groups is 1. The molecule has 0 spiro atoms. The molecule has 0 aliphatic carbocycles. The summed E-state index contributed by atoms with van der Waals surface area (Å²) in [6, 6.07) is 4.09. The average Bonchev–Trinajstić information content (AvgIpc) is 2.69. The summed E-state index contributed by atoms with van der Waals surface area (Å²) in [6.07, 6.45) is 0. The van der Waals surface area contributed by atoms with Gasteiger partial charge in [-0.3, -0.25) is 9.59 Å². The minimum absolute atomic E-state index is 0.153. The first-order valence-corrected chi connectivity index (χ1v) is 6.88. The van der Waals surface area contributed by atoms with E-state index in [2.05, 4.69) is 5.32 Å². The van der Waals surface area contributed by atoms with Crippen molar-refractivity contribution in [3.8, 4) is 0 Å². The second kappa shape index (κ2) is 5.71. The Bertz CT molecular complexity index is 658. The molecule has 0 saturated heterocycles. The van der Waals surface area contributed by atoms with Crippen LogP contribution in [0.2, 0.25) is 0 Å². The highest BCUT2D eigenvalue weighted by Crippen LogP contribution is 2.25. The first-order valence-electron chi connectivity index (χ1n) is 6.88. The molecule has 1 aromatic rings. The summed E-state index contributed by atoms with van der Waals surface area (Å²) in [6.45, 7) is 5.03. The van der Waals surface area contributed by atoms with Gasteiger partial charge in [-0.1, -0.05) is 38.0 Å². The van der Waals surface area contributed by atoms with E-state index in [0.29, 0.717) is 5.06 Å². The number of carbonyl (C=O) groups excluding carboxylic acids is 4. The van der Waals surface area contributed by atoms with E-state index in [9.17, 15) is 19.2 Å². The third kappa shape index (κ3) is 3.15. The van der Waals surface area contributed by atoms with Crippen molar-refractivity contribution < 1.29 is 24.0 Å². The summed E-state index contributed by atoms with van der Waals surface area (Å²) in [7, 11) is 0. The number of nitrogens with zero attached hydrogens (tertiary/aromatic N) is 1. The van der Waals surface area contributed by atoms with Crippen LogP contribution in [-0.4, -0.2) is 34.9 Å². The lowest BCUT2D eigenvalue weighted by Crippen LogP contribution is -2.53. The lowest BCUT2D eigenvalue weighted by molar-refractivity contribution is -0.173. The molecule has 1 unspecified atom stereocenters. The van der Waals surface area contributed by atoms with E-state index < -0.39 is 35.3 Å². The molecule has 3 N–H and O–H groups in total. The van der Waals surface area contributed by atoms with Gasteiger partial charge < -0.3 is 15.9 Å². The van der Waals surface area contributed by atoms with Gasteiger partial charge in [-0.2, -0.15) is 0 Å². The van der Waals surface area contributed by atoms with E-state index in [1.807, 2.05) is 0 Å². The van der Waals surface area contributed by atoms with Crippen molar-refractivity contribution in [3.05, 3.63) is 35.4 Å². The number of urea groups is 1. The molecule has 1 aliphatic rings. The molecular formula is C15H17N3O5. The van der Waals surface area contributed by atoms with Crippen LogP contribution in [0.1, 0.15) is 41.5 Å². The van der Waals surface area contributed by atoms with E-state index in [1.54, 1.807) is 32.9 Å². The van der Waals surface area contributed by atoms with Crippen molar-refractivity contribution in [3.63, 3.8) is 0 Å². The number of carbonyl (C=O) groups is 4. The van der Waals surface area contributed by atoms with E-state index in [1.165, 1.54) is 12.1 Å². The fraction of sp³-hybridized carbons (Fsp3) is 0.333. The molecule has 0 saturated carbocycles. The highest BCUT2D eigenvalue weighted by molar-refractivity contribution is 6.20. The van der Waals surface area contributed by atoms with Crippen molar-refractivity contribution in [2.45, 2.75) is 26.8 Å². The Morgan fingerprint density at radius 2 is 1.61 bits per heavy atom. The zero-order valence-corrected chi connectivity index (χ0v) is 13.0. The Labute approximate surface area is 132 Å². The Morgan fingerprint density at radius 1 is 1.13 bits per heavy atom. The van der Waals surface area contributed by atoms with E-state index in [-0.39, 0.29) is 11.1 Å². The lowest BCUT2D eigenvalue weighted by atomic mass is 9.87. The maximum atomic E-state index is 12.3. The number of hydroxylamine groups is 2. The summed E-state index contributed by atoms with van der Waals surface area (Å²) in [5.41, 5.74) is 4.63. The number of benzene rings is 1. The maximum Gasteiger partial charge on any atom is 0.355 e. The van der Waals surface area contributed by atoms with Crippen LogP contribution < -0.4 is 11.1 Å². The molecule has 23 heavy (non-hydrogen) atoms. The Morgan fingerprint density at radius 3 is 2.00 bits per heavy atom. The van der Waals surface area contributed by atoms with Crippen LogP contribution in [0.25, 0.3) is 0 Å². The molecule has 0 fully saturated rings. The summed E-state index contributed by atoms with van der Waals surface area (Å²) >= 11 is 0. The molecule has 122 valence electrons. The quantitative estimate of drug-likeness (QED) is 0.800. The van der Waals surface area contributed by atoms with Gasteiger partial charge in [0.1, 0.15) is 6.04 Å². The van der Waals surface area contributed by atoms with Gasteiger partial charge >= 0.3 is 12.0 Å². The molecule has 2 rings (SSSR count). The van der Waals surface area contributed by atoms with Gasteiger partial charge in [0.05, 0.1) is 11.1 Å². The minimum atomic E-state index is -1.12. The Kier molecular flexibility index (Phi) is 4.09. The van der Waals surface area contributed by atoms with Gasteiger partial charge in [0.25, 0.3) is 11.8 Å². The SMILES string of the molecule is CC(C)(C)C(NC(N)=O)C(=O)ON1C(=O)c2ccccc2C1=O. The van der Waals surface area contributed by atoms with Gasteiger partial charge in [-0.25, -0.2) is 9.59 Å². The van der Waals surface area contributed by atoms with Crippen molar-refractivity contribution >= 4 is 23.8 Å². The summed E-state index contributed by atoms with van der Waals surface area (Å²) < 4.78 is 0. The number of hydrogen-bond donors (Lipinski definition) is 2. The van der Waals surface area contributed by atoms with Crippen molar-refractivity contribution in [2.75, 3.05) is 0 Å². The third-order valence-corrected chi connectivity index (χ3v) is 3.33.